The molecule has 1 heterocycles. The maximum Gasteiger partial charge on any atom is 0.258 e. The molecular formula is C16H14ClNO2. The van der Waals surface area contributed by atoms with Gasteiger partial charge in [-0.25, -0.2) is 0 Å². The number of amides is 1. The first kappa shape index (κ1) is 13.0. The highest BCUT2D eigenvalue weighted by molar-refractivity contribution is 6.30. The number of fused-ring (bicyclic) bond motifs is 1. The van der Waals surface area contributed by atoms with Crippen LogP contribution in [-0.2, 0) is 0 Å². The molecule has 0 fully saturated rings. The fourth-order valence-electron chi connectivity index (χ4n) is 2.33. The minimum atomic E-state index is -0.0377. The summed E-state index contributed by atoms with van der Waals surface area (Å²) in [4.78, 5) is 14.4. The van der Waals surface area contributed by atoms with Crippen LogP contribution in [0.2, 0.25) is 5.02 Å². The second-order valence-corrected chi connectivity index (χ2v) is 5.26. The van der Waals surface area contributed by atoms with E-state index in [0.29, 0.717) is 17.1 Å². The van der Waals surface area contributed by atoms with Crippen molar-refractivity contribution in [1.82, 2.24) is 0 Å². The van der Waals surface area contributed by atoms with Crippen LogP contribution in [0.4, 0.5) is 5.69 Å². The van der Waals surface area contributed by atoms with Gasteiger partial charge >= 0.3 is 0 Å². The van der Waals surface area contributed by atoms with Crippen molar-refractivity contribution in [2.24, 2.45) is 0 Å². The van der Waals surface area contributed by atoms with E-state index in [0.717, 1.165) is 11.4 Å². The zero-order valence-electron chi connectivity index (χ0n) is 11.0. The standard InChI is InChI=1S/C16H14ClNO2/c1-11-10-18(14-4-2-3-5-15(14)20-11)16(19)12-6-8-13(17)9-7-12/h2-9,11H,10H2,1H3/t11-/m1/s1. The zero-order chi connectivity index (χ0) is 14.1. The summed E-state index contributed by atoms with van der Waals surface area (Å²) >= 11 is 5.86. The number of anilines is 1. The number of rotatable bonds is 1. The molecule has 102 valence electrons. The molecule has 0 aliphatic carbocycles. The normalized spacial score (nSPS) is 17.3. The highest BCUT2D eigenvalue weighted by Gasteiger charge is 2.27. The minimum absolute atomic E-state index is 0.0267. The van der Waals surface area contributed by atoms with Crippen LogP contribution in [0.25, 0.3) is 0 Å². The van der Waals surface area contributed by atoms with Crippen LogP contribution in [0.5, 0.6) is 5.75 Å². The first-order valence-corrected chi connectivity index (χ1v) is 6.86. The maximum absolute atomic E-state index is 12.6. The Bertz CT molecular complexity index is 639. The summed E-state index contributed by atoms with van der Waals surface area (Å²) in [7, 11) is 0. The largest absolute Gasteiger partial charge is 0.487 e. The number of carbonyl (C=O) groups is 1. The van der Waals surface area contributed by atoms with Gasteiger partial charge in [0.05, 0.1) is 12.2 Å². The molecule has 0 unspecified atom stereocenters. The van der Waals surface area contributed by atoms with Crippen LogP contribution in [-0.4, -0.2) is 18.6 Å². The first-order chi connectivity index (χ1) is 9.65. The lowest BCUT2D eigenvalue weighted by Gasteiger charge is -2.33. The van der Waals surface area contributed by atoms with Crippen molar-refractivity contribution in [2.45, 2.75) is 13.0 Å². The van der Waals surface area contributed by atoms with Gasteiger partial charge in [-0.2, -0.15) is 0 Å². The Hall–Kier alpha value is -2.00. The predicted molar refractivity (Wildman–Crippen MR) is 79.7 cm³/mol. The van der Waals surface area contributed by atoms with Crippen molar-refractivity contribution in [3.8, 4) is 5.75 Å². The summed E-state index contributed by atoms with van der Waals surface area (Å²) in [6.07, 6.45) is -0.0267. The van der Waals surface area contributed by atoms with Crippen molar-refractivity contribution in [3.63, 3.8) is 0 Å². The monoisotopic (exact) mass is 287 g/mol. The van der Waals surface area contributed by atoms with Crippen molar-refractivity contribution in [2.75, 3.05) is 11.4 Å². The molecule has 0 saturated heterocycles. The third-order valence-corrected chi connectivity index (χ3v) is 3.51. The molecule has 0 bridgehead atoms. The smallest absolute Gasteiger partial charge is 0.258 e. The van der Waals surface area contributed by atoms with Gasteiger partial charge in [0.15, 0.2) is 0 Å². The van der Waals surface area contributed by atoms with Gasteiger partial charge in [-0.3, -0.25) is 4.79 Å². The van der Waals surface area contributed by atoms with Crippen LogP contribution in [0.15, 0.2) is 48.5 Å². The van der Waals surface area contributed by atoms with Crippen molar-refractivity contribution in [3.05, 3.63) is 59.1 Å². The molecule has 20 heavy (non-hydrogen) atoms. The molecule has 4 heteroatoms. The third kappa shape index (κ3) is 2.37. The number of nitrogens with zero attached hydrogens (tertiary/aromatic N) is 1. The summed E-state index contributed by atoms with van der Waals surface area (Å²) in [5.74, 6) is 0.706. The number of halogens is 1. The van der Waals surface area contributed by atoms with Gasteiger partial charge in [-0.1, -0.05) is 23.7 Å². The van der Waals surface area contributed by atoms with Gasteiger partial charge in [0.25, 0.3) is 5.91 Å². The first-order valence-electron chi connectivity index (χ1n) is 6.48. The average molecular weight is 288 g/mol. The Morgan fingerprint density at radius 1 is 1.20 bits per heavy atom. The lowest BCUT2D eigenvalue weighted by atomic mass is 10.1. The number of ether oxygens (including phenoxy) is 1. The number of hydrogen-bond donors (Lipinski definition) is 0. The zero-order valence-corrected chi connectivity index (χ0v) is 11.8. The molecule has 0 radical (unpaired) electrons. The van der Waals surface area contributed by atoms with E-state index >= 15 is 0 Å². The van der Waals surface area contributed by atoms with Crippen LogP contribution >= 0.6 is 11.6 Å². The Balaban J connectivity index is 1.97. The molecule has 3 rings (SSSR count). The van der Waals surface area contributed by atoms with E-state index in [9.17, 15) is 4.79 Å². The van der Waals surface area contributed by atoms with E-state index in [2.05, 4.69) is 0 Å². The molecule has 1 amide bonds. The lowest BCUT2D eigenvalue weighted by Crippen LogP contribution is -2.42. The summed E-state index contributed by atoms with van der Waals surface area (Å²) in [6, 6.07) is 14.5. The predicted octanol–water partition coefficient (Wildman–Crippen LogP) is 3.77. The number of benzene rings is 2. The van der Waals surface area contributed by atoms with E-state index in [1.54, 1.807) is 29.2 Å². The molecule has 2 aromatic carbocycles. The van der Waals surface area contributed by atoms with Gasteiger partial charge in [0, 0.05) is 10.6 Å². The number of para-hydroxylation sites is 2. The molecule has 3 nitrogen and oxygen atoms in total. The second kappa shape index (κ2) is 5.17. The summed E-state index contributed by atoms with van der Waals surface area (Å²) in [5.41, 5.74) is 1.43. The van der Waals surface area contributed by atoms with Gasteiger partial charge in [-0.15, -0.1) is 0 Å². The number of hydrogen-bond acceptors (Lipinski definition) is 2. The van der Waals surface area contributed by atoms with Gasteiger partial charge in [-0.05, 0) is 43.3 Å². The molecule has 1 aliphatic heterocycles. The van der Waals surface area contributed by atoms with E-state index in [1.807, 2.05) is 31.2 Å². The van der Waals surface area contributed by atoms with Crippen molar-refractivity contribution < 1.29 is 9.53 Å². The van der Waals surface area contributed by atoms with E-state index in [4.69, 9.17) is 16.3 Å². The van der Waals surface area contributed by atoms with Crippen molar-refractivity contribution in [1.29, 1.82) is 0 Å². The molecular weight excluding hydrogens is 274 g/mol. The van der Waals surface area contributed by atoms with E-state index in [-0.39, 0.29) is 12.0 Å². The molecule has 0 N–H and O–H groups in total. The molecule has 0 aromatic heterocycles. The van der Waals surface area contributed by atoms with Gasteiger partial charge in [0.1, 0.15) is 11.9 Å². The van der Waals surface area contributed by atoms with E-state index in [1.165, 1.54) is 0 Å². The second-order valence-electron chi connectivity index (χ2n) is 4.82. The van der Waals surface area contributed by atoms with Crippen LogP contribution < -0.4 is 9.64 Å². The Morgan fingerprint density at radius 3 is 2.65 bits per heavy atom. The van der Waals surface area contributed by atoms with Gasteiger partial charge in [0.2, 0.25) is 0 Å². The van der Waals surface area contributed by atoms with Gasteiger partial charge < -0.3 is 9.64 Å². The van der Waals surface area contributed by atoms with Crippen LogP contribution in [0, 0.1) is 0 Å². The summed E-state index contributed by atoms with van der Waals surface area (Å²) in [6.45, 7) is 2.50. The maximum atomic E-state index is 12.6. The lowest BCUT2D eigenvalue weighted by molar-refractivity contribution is 0.0961. The topological polar surface area (TPSA) is 29.5 Å². The highest BCUT2D eigenvalue weighted by Crippen LogP contribution is 2.33. The van der Waals surface area contributed by atoms with Crippen LogP contribution in [0.1, 0.15) is 17.3 Å². The fraction of sp³-hybridized carbons (Fsp3) is 0.188. The number of carbonyl (C=O) groups excluding carboxylic acids is 1. The van der Waals surface area contributed by atoms with E-state index < -0.39 is 0 Å². The summed E-state index contributed by atoms with van der Waals surface area (Å²) in [5, 5.41) is 0.622. The van der Waals surface area contributed by atoms with Crippen molar-refractivity contribution >= 4 is 23.2 Å². The molecule has 2 aromatic rings. The fourth-order valence-corrected chi connectivity index (χ4v) is 2.46. The Kier molecular flexibility index (Phi) is 3.36. The van der Waals surface area contributed by atoms with Crippen LogP contribution in [0.3, 0.4) is 0 Å². The quantitative estimate of drug-likeness (QED) is 0.799. The Labute approximate surface area is 122 Å². The molecule has 1 atom stereocenters. The molecule has 0 spiro atoms. The third-order valence-electron chi connectivity index (χ3n) is 3.26. The minimum Gasteiger partial charge on any atom is -0.487 e. The SMILES string of the molecule is C[C@@H]1CN(C(=O)c2ccc(Cl)cc2)c2ccccc2O1. The highest BCUT2D eigenvalue weighted by atomic mass is 35.5. The molecule has 1 aliphatic rings. The Morgan fingerprint density at radius 2 is 1.90 bits per heavy atom. The summed E-state index contributed by atoms with van der Waals surface area (Å²) < 4.78 is 5.75. The molecule has 0 saturated carbocycles. The average Bonchev–Trinajstić information content (AvgIpc) is 2.46.